The van der Waals surface area contributed by atoms with Gasteiger partial charge in [-0.05, 0) is 13.8 Å². The van der Waals surface area contributed by atoms with Crippen molar-refractivity contribution in [2.75, 3.05) is 6.61 Å². The van der Waals surface area contributed by atoms with Crippen LogP contribution in [0.4, 0.5) is 65.9 Å². The molecule has 0 radical (unpaired) electrons. The van der Waals surface area contributed by atoms with Crippen molar-refractivity contribution in [3.63, 3.8) is 0 Å². The number of halogens is 15. The van der Waals surface area contributed by atoms with Crippen molar-refractivity contribution in [1.82, 2.24) is 0 Å². The lowest BCUT2D eigenvalue weighted by Crippen LogP contribution is -2.75. The van der Waals surface area contributed by atoms with Crippen molar-refractivity contribution in [1.29, 1.82) is 0 Å². The maximum Gasteiger partial charge on any atom is 0.438 e. The lowest BCUT2D eigenvalue weighted by Gasteiger charge is -2.43. The van der Waals surface area contributed by atoms with Gasteiger partial charge in [0.2, 0.25) is 0 Å². The van der Waals surface area contributed by atoms with Crippen LogP contribution in [-0.2, 0) is 19.1 Å². The summed E-state index contributed by atoms with van der Waals surface area (Å²) in [7, 11) is 0. The summed E-state index contributed by atoms with van der Waals surface area (Å²) in [5.74, 6) is -34.8. The van der Waals surface area contributed by atoms with Crippen LogP contribution < -0.4 is 0 Å². The molecule has 0 aliphatic rings. The van der Waals surface area contributed by atoms with E-state index in [1.165, 1.54) is 0 Å². The highest BCUT2D eigenvalue weighted by atomic mass is 19.4. The van der Waals surface area contributed by atoms with Gasteiger partial charge >= 0.3 is 53.7 Å². The van der Waals surface area contributed by atoms with Crippen LogP contribution in [0, 0.1) is 0 Å². The van der Waals surface area contributed by atoms with E-state index in [4.69, 9.17) is 0 Å². The van der Waals surface area contributed by atoms with E-state index >= 15 is 0 Å². The summed E-state index contributed by atoms with van der Waals surface area (Å²) in [5, 5.41) is 0. The smallest absolute Gasteiger partial charge is 0.438 e. The molecule has 0 aliphatic heterocycles. The van der Waals surface area contributed by atoms with E-state index in [2.05, 4.69) is 22.6 Å². The summed E-state index contributed by atoms with van der Waals surface area (Å²) in [6, 6.07) is 0. The lowest BCUT2D eigenvalue weighted by atomic mass is 9.85. The molecule has 0 spiro atoms. The van der Waals surface area contributed by atoms with Gasteiger partial charge in [-0.25, -0.2) is 14.0 Å². The third-order valence-electron chi connectivity index (χ3n) is 4.32. The molecule has 0 aromatic rings. The summed E-state index contributed by atoms with van der Waals surface area (Å²) in [5.41, 5.74) is -9.61. The van der Waals surface area contributed by atoms with Crippen molar-refractivity contribution in [3.8, 4) is 0 Å². The molecule has 0 saturated carbocycles. The van der Waals surface area contributed by atoms with Gasteiger partial charge in [0, 0.05) is 11.1 Å². The second-order valence-electron chi connectivity index (χ2n) is 7.47. The summed E-state index contributed by atoms with van der Waals surface area (Å²) in [4.78, 5) is 22.8. The van der Waals surface area contributed by atoms with E-state index in [9.17, 15) is 75.4 Å². The number of hydrogen-bond donors (Lipinski definition) is 0. The summed E-state index contributed by atoms with van der Waals surface area (Å²) in [6.45, 7) is 5.96. The third kappa shape index (κ3) is 6.10. The Labute approximate surface area is 197 Å². The van der Waals surface area contributed by atoms with Crippen LogP contribution in [0.5, 0.6) is 0 Å². The summed E-state index contributed by atoms with van der Waals surface area (Å²) >= 11 is 0. The first-order valence-corrected chi connectivity index (χ1v) is 9.05. The first-order chi connectivity index (χ1) is 16.0. The molecule has 0 aromatic carbocycles. The van der Waals surface area contributed by atoms with Crippen molar-refractivity contribution >= 4 is 11.9 Å². The van der Waals surface area contributed by atoms with E-state index in [0.717, 1.165) is 13.8 Å². The minimum absolute atomic E-state index is 0.494. The largest absolute Gasteiger partial charge is 0.458 e. The van der Waals surface area contributed by atoms with E-state index < -0.39 is 83.9 Å². The zero-order chi connectivity index (χ0) is 30.2. The van der Waals surface area contributed by atoms with Crippen molar-refractivity contribution in [2.45, 2.75) is 68.1 Å². The second kappa shape index (κ2) is 10.3. The van der Waals surface area contributed by atoms with E-state index in [-0.39, 0.29) is 0 Å². The van der Waals surface area contributed by atoms with Gasteiger partial charge in [-0.3, -0.25) is 0 Å². The molecule has 0 fully saturated rings. The first kappa shape index (κ1) is 34.4. The van der Waals surface area contributed by atoms with Crippen LogP contribution in [0.15, 0.2) is 24.3 Å². The first-order valence-electron chi connectivity index (χ1n) is 9.05. The van der Waals surface area contributed by atoms with Gasteiger partial charge in [0.05, 0.1) is 6.42 Å². The van der Waals surface area contributed by atoms with Crippen LogP contribution >= 0.6 is 0 Å². The molecule has 0 aromatic heterocycles. The summed E-state index contributed by atoms with van der Waals surface area (Å²) < 4.78 is 209. The van der Waals surface area contributed by atoms with Crippen LogP contribution in [0.3, 0.4) is 0 Å². The number of carbonyl (C=O) groups is 2. The van der Waals surface area contributed by atoms with E-state index in [1.807, 2.05) is 0 Å². The molecule has 1 unspecified atom stereocenters. The molecule has 0 saturated heterocycles. The number of alkyl halides is 15. The highest BCUT2D eigenvalue weighted by Crippen LogP contribution is 2.64. The predicted octanol–water partition coefficient (Wildman–Crippen LogP) is 6.36. The van der Waals surface area contributed by atoms with Gasteiger partial charge in [0.25, 0.3) is 0 Å². The molecule has 37 heavy (non-hydrogen) atoms. The van der Waals surface area contributed by atoms with E-state index in [0.29, 0.717) is 0 Å². The maximum absolute atomic E-state index is 14.2. The Morgan fingerprint density at radius 2 is 1.03 bits per heavy atom. The molecular weight excluding hydrogens is 565 g/mol. The molecule has 4 nitrogen and oxygen atoms in total. The third-order valence-corrected chi connectivity index (χ3v) is 4.32. The number of rotatable bonds is 11. The lowest BCUT2D eigenvalue weighted by molar-refractivity contribution is -0.457. The van der Waals surface area contributed by atoms with Gasteiger partial charge in [-0.15, -0.1) is 0 Å². The van der Waals surface area contributed by atoms with Crippen LogP contribution in [-0.4, -0.2) is 66.4 Å². The molecule has 0 rings (SSSR count). The second-order valence-corrected chi connectivity index (χ2v) is 7.47. The number of ether oxygens (including phenoxy) is 2. The van der Waals surface area contributed by atoms with E-state index in [1.54, 1.807) is 0 Å². The topological polar surface area (TPSA) is 52.6 Å². The fraction of sp³-hybridized carbons (Fsp3) is 0.667. The number of carbonyl (C=O) groups excluding carboxylic acids is 2. The highest BCUT2D eigenvalue weighted by Gasteiger charge is 2.95. The molecular formula is C18H15F15O4. The normalized spacial score (nSPS) is 15.2. The Morgan fingerprint density at radius 3 is 1.35 bits per heavy atom. The minimum Gasteiger partial charge on any atom is -0.458 e. The van der Waals surface area contributed by atoms with Crippen molar-refractivity contribution < 1.29 is 84.9 Å². The molecule has 0 aliphatic carbocycles. The Hall–Kier alpha value is -2.63. The van der Waals surface area contributed by atoms with Crippen LogP contribution in [0.25, 0.3) is 0 Å². The quantitative estimate of drug-likeness (QED) is 0.162. The Morgan fingerprint density at radius 1 is 0.649 bits per heavy atom. The molecule has 0 heterocycles. The molecule has 19 heteroatoms. The van der Waals surface area contributed by atoms with Gasteiger partial charge < -0.3 is 9.47 Å². The SMILES string of the molecule is C=C(C)C(=O)OCC(CC(F)(F)C(F)(F)C(F)(F)C(F)(F)C(F)(C(F)(F)F)C(F)(F)F)OC(=O)C(=C)C. The Bertz CT molecular complexity index is 888. The fourth-order valence-electron chi connectivity index (χ4n) is 2.25. The Kier molecular flexibility index (Phi) is 9.53. The summed E-state index contributed by atoms with van der Waals surface area (Å²) in [6.07, 6.45) is -22.1. The number of hydrogen-bond acceptors (Lipinski definition) is 4. The van der Waals surface area contributed by atoms with Gasteiger partial charge in [0.1, 0.15) is 12.7 Å². The zero-order valence-electron chi connectivity index (χ0n) is 18.2. The zero-order valence-corrected chi connectivity index (χ0v) is 18.2. The van der Waals surface area contributed by atoms with Gasteiger partial charge in [-0.1, -0.05) is 13.2 Å². The standard InChI is InChI=1S/C18H15F15O4/c1-7(2)10(34)36-6-9(37-11(35)8(3)4)5-12(19,20)14(22,23)16(26,27)15(24,25)13(21,17(28,29)30)18(31,32)33/h9H,1,3,5-6H2,2,4H3. The Balaban J connectivity index is 6.63. The minimum atomic E-state index is -8.58. The van der Waals surface area contributed by atoms with Gasteiger partial charge in [0.15, 0.2) is 0 Å². The molecule has 0 amide bonds. The predicted molar refractivity (Wildman–Crippen MR) is 90.8 cm³/mol. The highest BCUT2D eigenvalue weighted by molar-refractivity contribution is 5.87. The number of esters is 2. The maximum atomic E-state index is 14.2. The average molecular weight is 580 g/mol. The molecule has 0 N–H and O–H groups in total. The fourth-order valence-corrected chi connectivity index (χ4v) is 2.25. The average Bonchev–Trinajstić information content (AvgIpc) is 2.68. The van der Waals surface area contributed by atoms with Crippen LogP contribution in [0.1, 0.15) is 20.3 Å². The molecule has 1 atom stereocenters. The van der Waals surface area contributed by atoms with Gasteiger partial charge in [-0.2, -0.15) is 61.5 Å². The monoisotopic (exact) mass is 580 g/mol. The molecule has 0 bridgehead atoms. The van der Waals surface area contributed by atoms with Crippen molar-refractivity contribution in [3.05, 3.63) is 24.3 Å². The molecule has 216 valence electrons. The van der Waals surface area contributed by atoms with Crippen LogP contribution in [0.2, 0.25) is 0 Å². The van der Waals surface area contributed by atoms with Crippen molar-refractivity contribution in [2.24, 2.45) is 0 Å².